The second kappa shape index (κ2) is 9.14. The minimum absolute atomic E-state index is 0.101. The summed E-state index contributed by atoms with van der Waals surface area (Å²) < 4.78 is 2.12. The van der Waals surface area contributed by atoms with Gasteiger partial charge in [0.15, 0.2) is 0 Å². The minimum Gasteiger partial charge on any atom is -0.357 e. The highest BCUT2D eigenvalue weighted by Gasteiger charge is 2.32. The van der Waals surface area contributed by atoms with E-state index in [4.69, 9.17) is 12.2 Å². The number of aromatic nitrogens is 1. The zero-order valence-electron chi connectivity index (χ0n) is 17.2. The molecule has 1 amide bonds. The average molecular weight is 431 g/mol. The molecule has 0 N–H and O–H groups in total. The molecule has 0 aliphatic carbocycles. The fourth-order valence-corrected chi connectivity index (χ4v) is 5.21. The van der Waals surface area contributed by atoms with Crippen molar-refractivity contribution in [2.24, 2.45) is 7.05 Å². The normalized spacial score (nSPS) is 19.0. The SMILES string of the molecule is CCCN1C(=O)C(=Cc2c(C)c(C#N)c(=O)n(C)c2N2CCCCCC2)SC1=S. The number of hydrogen-bond acceptors (Lipinski definition) is 6. The van der Waals surface area contributed by atoms with Crippen molar-refractivity contribution >= 4 is 46.1 Å². The molecule has 6 nitrogen and oxygen atoms in total. The number of thioether (sulfide) groups is 1. The predicted octanol–water partition coefficient (Wildman–Crippen LogP) is 3.56. The van der Waals surface area contributed by atoms with Crippen LogP contribution >= 0.6 is 24.0 Å². The van der Waals surface area contributed by atoms with Crippen LogP contribution in [-0.4, -0.2) is 39.3 Å². The van der Waals surface area contributed by atoms with Crippen molar-refractivity contribution in [2.75, 3.05) is 24.5 Å². The van der Waals surface area contributed by atoms with E-state index in [9.17, 15) is 14.9 Å². The second-order valence-electron chi connectivity index (χ2n) is 7.45. The summed E-state index contributed by atoms with van der Waals surface area (Å²) in [5, 5.41) is 9.56. The molecule has 0 bridgehead atoms. The molecule has 2 aliphatic heterocycles. The van der Waals surface area contributed by atoms with E-state index in [-0.39, 0.29) is 17.0 Å². The molecule has 8 heteroatoms. The first-order valence-electron chi connectivity index (χ1n) is 10.0. The van der Waals surface area contributed by atoms with Crippen LogP contribution < -0.4 is 10.5 Å². The maximum absolute atomic E-state index is 12.9. The zero-order valence-corrected chi connectivity index (χ0v) is 18.8. The van der Waals surface area contributed by atoms with Crippen molar-refractivity contribution in [3.8, 4) is 6.07 Å². The molecule has 0 radical (unpaired) electrons. The number of rotatable bonds is 4. The maximum atomic E-state index is 12.9. The molecule has 1 aromatic rings. The Morgan fingerprint density at radius 1 is 1.21 bits per heavy atom. The first-order chi connectivity index (χ1) is 13.9. The Labute approximate surface area is 181 Å². The van der Waals surface area contributed by atoms with Crippen LogP contribution in [0.3, 0.4) is 0 Å². The van der Waals surface area contributed by atoms with Gasteiger partial charge in [-0.05, 0) is 37.8 Å². The van der Waals surface area contributed by atoms with Crippen LogP contribution in [0, 0.1) is 18.3 Å². The van der Waals surface area contributed by atoms with Crippen LogP contribution in [0.1, 0.15) is 55.7 Å². The summed E-state index contributed by atoms with van der Waals surface area (Å²) in [5.41, 5.74) is 1.22. The number of pyridine rings is 1. The van der Waals surface area contributed by atoms with Crippen LogP contribution in [0.15, 0.2) is 9.70 Å². The molecule has 154 valence electrons. The van der Waals surface area contributed by atoms with Gasteiger partial charge in [0.1, 0.15) is 21.8 Å². The van der Waals surface area contributed by atoms with Gasteiger partial charge in [0, 0.05) is 32.2 Å². The monoisotopic (exact) mass is 430 g/mol. The summed E-state index contributed by atoms with van der Waals surface area (Å²) in [6.07, 6.45) is 7.12. The Balaban J connectivity index is 2.18. The highest BCUT2D eigenvalue weighted by Crippen LogP contribution is 2.36. The molecule has 0 atom stereocenters. The van der Waals surface area contributed by atoms with E-state index in [1.54, 1.807) is 23.4 Å². The number of hydrogen-bond donors (Lipinski definition) is 0. The highest BCUT2D eigenvalue weighted by atomic mass is 32.2. The number of thiocarbonyl (C=S) groups is 1. The van der Waals surface area contributed by atoms with E-state index >= 15 is 0 Å². The van der Waals surface area contributed by atoms with Crippen LogP contribution in [0.5, 0.6) is 0 Å². The van der Waals surface area contributed by atoms with E-state index in [1.807, 2.05) is 13.0 Å². The van der Waals surface area contributed by atoms with Gasteiger partial charge >= 0.3 is 0 Å². The zero-order chi connectivity index (χ0) is 21.1. The summed E-state index contributed by atoms with van der Waals surface area (Å²) >= 11 is 6.68. The number of nitriles is 1. The lowest BCUT2D eigenvalue weighted by Gasteiger charge is -2.28. The summed E-state index contributed by atoms with van der Waals surface area (Å²) in [5.74, 6) is 0.685. The standard InChI is InChI=1S/C21H26N4O2S2/c1-4-9-25-20(27)17(29-21(25)28)12-15-14(2)16(13-22)19(26)23(3)18(15)24-10-7-5-6-8-11-24/h12H,4-11H2,1-3H3. The number of nitrogens with zero attached hydrogens (tertiary/aromatic N) is 4. The maximum Gasteiger partial charge on any atom is 0.270 e. The quantitative estimate of drug-likeness (QED) is 0.537. The van der Waals surface area contributed by atoms with Crippen LogP contribution in [0.25, 0.3) is 6.08 Å². The van der Waals surface area contributed by atoms with Gasteiger partial charge < -0.3 is 4.90 Å². The summed E-state index contributed by atoms with van der Waals surface area (Å²) in [6.45, 7) is 6.11. The smallest absolute Gasteiger partial charge is 0.270 e. The van der Waals surface area contributed by atoms with Gasteiger partial charge in [0.2, 0.25) is 0 Å². The van der Waals surface area contributed by atoms with E-state index in [1.165, 1.54) is 24.6 Å². The topological polar surface area (TPSA) is 69.3 Å². The molecule has 29 heavy (non-hydrogen) atoms. The van der Waals surface area contributed by atoms with E-state index in [0.717, 1.165) is 43.7 Å². The van der Waals surface area contributed by atoms with Crippen molar-refractivity contribution in [1.82, 2.24) is 9.47 Å². The lowest BCUT2D eigenvalue weighted by atomic mass is 10.0. The van der Waals surface area contributed by atoms with Gasteiger partial charge in [0.05, 0.1) is 4.91 Å². The van der Waals surface area contributed by atoms with Gasteiger partial charge in [0.25, 0.3) is 11.5 Å². The molecular formula is C21H26N4O2S2. The van der Waals surface area contributed by atoms with Crippen molar-refractivity contribution < 1.29 is 4.79 Å². The third-order valence-corrected chi connectivity index (χ3v) is 6.85. The first-order valence-corrected chi connectivity index (χ1v) is 11.3. The number of carbonyl (C=O) groups is 1. The molecule has 0 spiro atoms. The van der Waals surface area contributed by atoms with Crippen LogP contribution in [-0.2, 0) is 11.8 Å². The van der Waals surface area contributed by atoms with Gasteiger partial charge in [-0.15, -0.1) is 0 Å². The van der Waals surface area contributed by atoms with Gasteiger partial charge in [-0.25, -0.2) is 0 Å². The molecule has 3 heterocycles. The Morgan fingerprint density at radius 3 is 2.45 bits per heavy atom. The molecular weight excluding hydrogens is 404 g/mol. The van der Waals surface area contributed by atoms with Crippen molar-refractivity contribution in [1.29, 1.82) is 5.26 Å². The van der Waals surface area contributed by atoms with Crippen molar-refractivity contribution in [3.05, 3.63) is 31.9 Å². The van der Waals surface area contributed by atoms with Gasteiger partial charge in [-0.3, -0.25) is 19.1 Å². The molecule has 2 fully saturated rings. The molecule has 3 rings (SSSR count). The second-order valence-corrected chi connectivity index (χ2v) is 9.12. The first kappa shape index (κ1) is 21.6. The van der Waals surface area contributed by atoms with E-state index in [2.05, 4.69) is 11.0 Å². The highest BCUT2D eigenvalue weighted by molar-refractivity contribution is 8.26. The third kappa shape index (κ3) is 4.12. The lowest BCUT2D eigenvalue weighted by molar-refractivity contribution is -0.122. The van der Waals surface area contributed by atoms with Gasteiger partial charge in [-0.2, -0.15) is 5.26 Å². The molecule has 0 unspecified atom stereocenters. The summed E-state index contributed by atoms with van der Waals surface area (Å²) in [7, 11) is 1.71. The number of carbonyl (C=O) groups excluding carboxylic acids is 1. The Kier molecular flexibility index (Phi) is 6.81. The lowest BCUT2D eigenvalue weighted by Crippen LogP contribution is -2.34. The summed E-state index contributed by atoms with van der Waals surface area (Å²) in [6, 6.07) is 2.05. The Hall–Kier alpha value is -2.11. The fraction of sp³-hybridized carbons (Fsp3) is 0.524. The Bertz CT molecular complexity index is 966. The molecule has 1 aromatic heterocycles. The molecule has 2 saturated heterocycles. The molecule has 0 aromatic carbocycles. The minimum atomic E-state index is -0.292. The third-order valence-electron chi connectivity index (χ3n) is 5.47. The fourth-order valence-electron chi connectivity index (χ4n) is 3.92. The number of anilines is 1. The molecule has 2 aliphatic rings. The largest absolute Gasteiger partial charge is 0.357 e. The predicted molar refractivity (Wildman–Crippen MR) is 122 cm³/mol. The van der Waals surface area contributed by atoms with Crippen LogP contribution in [0.2, 0.25) is 0 Å². The van der Waals surface area contributed by atoms with Crippen molar-refractivity contribution in [3.63, 3.8) is 0 Å². The Morgan fingerprint density at radius 2 is 1.86 bits per heavy atom. The van der Waals surface area contributed by atoms with E-state index in [0.29, 0.717) is 21.3 Å². The van der Waals surface area contributed by atoms with Crippen molar-refractivity contribution in [2.45, 2.75) is 46.0 Å². The van der Waals surface area contributed by atoms with E-state index < -0.39 is 0 Å². The van der Waals surface area contributed by atoms with Crippen LogP contribution in [0.4, 0.5) is 5.82 Å². The van der Waals surface area contributed by atoms with Gasteiger partial charge in [-0.1, -0.05) is 43.7 Å². The summed E-state index contributed by atoms with van der Waals surface area (Å²) in [4.78, 5) is 30.1. The average Bonchev–Trinajstić information content (AvgIpc) is 2.88. The molecule has 0 saturated carbocycles. The number of amides is 1.